The number of halogens is 2. The van der Waals surface area contributed by atoms with E-state index in [1.54, 1.807) is 18.2 Å². The van der Waals surface area contributed by atoms with E-state index in [1.807, 2.05) is 0 Å². The molecule has 2 aromatic heterocycles. The second-order valence-corrected chi connectivity index (χ2v) is 10.5. The molecule has 9 nitrogen and oxygen atoms in total. The van der Waals surface area contributed by atoms with Crippen LogP contribution in [-0.4, -0.2) is 51.8 Å². The minimum atomic E-state index is -0.714. The van der Waals surface area contributed by atoms with Crippen LogP contribution in [-0.2, 0) is 4.74 Å². The maximum absolute atomic E-state index is 13.5. The van der Waals surface area contributed by atoms with Gasteiger partial charge in [0.05, 0.1) is 16.6 Å². The molecule has 11 heteroatoms. The summed E-state index contributed by atoms with van der Waals surface area (Å²) in [5, 5.41) is 3.71. The summed E-state index contributed by atoms with van der Waals surface area (Å²) in [6.07, 6.45) is 0.870. The highest BCUT2D eigenvalue weighted by atomic mass is 35.5. The first-order valence-corrected chi connectivity index (χ1v) is 12.3. The van der Waals surface area contributed by atoms with Gasteiger partial charge in [0.25, 0.3) is 5.69 Å². The van der Waals surface area contributed by atoms with E-state index < -0.39 is 12.1 Å². The number of ether oxygens (including phenoxy) is 2. The molecule has 1 aliphatic rings. The van der Waals surface area contributed by atoms with Crippen LogP contribution in [0.15, 0.2) is 18.2 Å². The summed E-state index contributed by atoms with van der Waals surface area (Å²) >= 11 is 12.2. The Morgan fingerprint density at radius 1 is 1.17 bits per heavy atom. The monoisotopic (exact) mass is 531 g/mol. The van der Waals surface area contributed by atoms with Crippen LogP contribution in [0, 0.1) is 24.3 Å². The Hall–Kier alpha value is -3.22. The predicted octanol–water partition coefficient (Wildman–Crippen LogP) is 6.47. The van der Waals surface area contributed by atoms with E-state index in [0.717, 1.165) is 12.8 Å². The molecule has 1 N–H and O–H groups in total. The second-order valence-electron chi connectivity index (χ2n) is 9.66. The fourth-order valence-electron chi connectivity index (χ4n) is 4.91. The molecule has 190 valence electrons. The fourth-order valence-corrected chi connectivity index (χ4v) is 5.21. The molecule has 2 unspecified atom stereocenters. The Balaban J connectivity index is 1.83. The van der Waals surface area contributed by atoms with E-state index in [9.17, 15) is 9.59 Å². The van der Waals surface area contributed by atoms with Gasteiger partial charge in [0.1, 0.15) is 11.7 Å². The Morgan fingerprint density at radius 3 is 2.42 bits per heavy atom. The minimum Gasteiger partial charge on any atom is -0.459 e. The summed E-state index contributed by atoms with van der Waals surface area (Å²) in [4.78, 5) is 35.2. The van der Waals surface area contributed by atoms with E-state index in [4.69, 9.17) is 39.2 Å². The molecule has 36 heavy (non-hydrogen) atoms. The number of aromatic amines is 1. The van der Waals surface area contributed by atoms with Gasteiger partial charge in [-0.2, -0.15) is 0 Å². The number of aromatic nitrogens is 3. The average Bonchev–Trinajstić information content (AvgIpc) is 3.35. The van der Waals surface area contributed by atoms with Crippen LogP contribution in [0.4, 0.5) is 10.5 Å². The number of hydrogen-bond acceptors (Lipinski definition) is 5. The first-order valence-electron chi connectivity index (χ1n) is 11.6. The van der Waals surface area contributed by atoms with Crippen LogP contribution in [0.1, 0.15) is 44.0 Å². The lowest BCUT2D eigenvalue weighted by atomic mass is 9.75. The molecule has 0 bridgehead atoms. The molecule has 0 saturated heterocycles. The van der Waals surface area contributed by atoms with Crippen LogP contribution in [0.25, 0.3) is 21.9 Å². The second kappa shape index (κ2) is 10.0. The Labute approximate surface area is 219 Å². The molecule has 2 heterocycles. The van der Waals surface area contributed by atoms with Crippen molar-refractivity contribution in [2.75, 3.05) is 14.1 Å². The summed E-state index contributed by atoms with van der Waals surface area (Å²) in [5.41, 5.74) is 0.481. The highest BCUT2D eigenvalue weighted by Crippen LogP contribution is 2.41. The molecule has 4 rings (SSSR count). The number of fused-ring (bicyclic) bond motifs is 1. The van der Waals surface area contributed by atoms with Crippen molar-refractivity contribution in [2.45, 2.75) is 39.7 Å². The maximum Gasteiger partial charge on any atom is 0.414 e. The first kappa shape index (κ1) is 25.9. The lowest BCUT2D eigenvalue weighted by molar-refractivity contribution is -0.0249. The smallest absolute Gasteiger partial charge is 0.414 e. The molecule has 2 atom stereocenters. The predicted molar refractivity (Wildman–Crippen MR) is 137 cm³/mol. The Morgan fingerprint density at radius 2 is 1.83 bits per heavy atom. The normalized spacial score (nSPS) is 21.7. The van der Waals surface area contributed by atoms with Gasteiger partial charge in [0.15, 0.2) is 11.5 Å². The molecule has 1 amide bonds. The van der Waals surface area contributed by atoms with Gasteiger partial charge in [0, 0.05) is 19.7 Å². The zero-order valence-electron chi connectivity index (χ0n) is 20.6. The van der Waals surface area contributed by atoms with Gasteiger partial charge >= 0.3 is 12.1 Å². The standard InChI is InChI=1S/C25H27Cl2N5O4/c1-12-9-13(2)20(14(3)10-12)35-24(33)18-19(28-4)23(36-25(34)31(5)6)32-22(18)29-21(30-32)15-7-8-16(26)17(27)11-15/h7-8,11-14,20H,9-10H2,1-3,5-6H3,(H,29,30). The molecule has 0 spiro atoms. The van der Waals surface area contributed by atoms with E-state index in [-0.39, 0.29) is 40.7 Å². The first-order chi connectivity index (χ1) is 17.0. The average molecular weight is 532 g/mol. The molecule has 1 aromatic carbocycles. The molecular formula is C25H27Cl2N5O4. The molecule has 0 radical (unpaired) electrons. The van der Waals surface area contributed by atoms with E-state index in [0.29, 0.717) is 27.4 Å². The van der Waals surface area contributed by atoms with Gasteiger partial charge in [0.2, 0.25) is 5.88 Å². The zero-order chi connectivity index (χ0) is 26.3. The summed E-state index contributed by atoms with van der Waals surface area (Å²) in [5.74, 6) is 0.379. The van der Waals surface area contributed by atoms with Crippen molar-refractivity contribution in [3.8, 4) is 17.3 Å². The summed E-state index contributed by atoms with van der Waals surface area (Å²) < 4.78 is 12.8. The number of carbonyl (C=O) groups is 2. The van der Waals surface area contributed by atoms with Crippen molar-refractivity contribution in [3.05, 3.63) is 45.2 Å². The Bertz CT molecular complexity index is 1360. The number of nitrogens with zero attached hydrogens (tertiary/aromatic N) is 4. The molecule has 1 aliphatic carbocycles. The number of rotatable bonds is 4. The number of amides is 1. The van der Waals surface area contributed by atoms with Crippen LogP contribution >= 0.6 is 23.2 Å². The zero-order valence-corrected chi connectivity index (χ0v) is 22.1. The van der Waals surface area contributed by atoms with Crippen LogP contribution in [0.3, 0.4) is 0 Å². The third kappa shape index (κ3) is 4.75. The van der Waals surface area contributed by atoms with Gasteiger partial charge in [-0.3, -0.25) is 5.10 Å². The molecule has 1 saturated carbocycles. The lowest BCUT2D eigenvalue weighted by Gasteiger charge is -2.37. The van der Waals surface area contributed by atoms with Gasteiger partial charge in [-0.25, -0.2) is 23.9 Å². The van der Waals surface area contributed by atoms with Gasteiger partial charge < -0.3 is 14.4 Å². The van der Waals surface area contributed by atoms with E-state index >= 15 is 0 Å². The van der Waals surface area contributed by atoms with Crippen molar-refractivity contribution in [3.63, 3.8) is 0 Å². The number of carbonyl (C=O) groups excluding carboxylic acids is 2. The molecule has 3 aromatic rings. The summed E-state index contributed by atoms with van der Waals surface area (Å²) in [6.45, 7) is 14.1. The van der Waals surface area contributed by atoms with Crippen LogP contribution < -0.4 is 4.74 Å². The molecule has 0 aliphatic heterocycles. The quantitative estimate of drug-likeness (QED) is 0.307. The maximum atomic E-state index is 13.5. The fraction of sp³-hybridized carbons (Fsp3) is 0.440. The number of hydrogen-bond donors (Lipinski definition) is 1. The number of nitrogens with one attached hydrogen (secondary N) is 1. The molecule has 1 fully saturated rings. The third-order valence-corrected chi connectivity index (χ3v) is 7.22. The lowest BCUT2D eigenvalue weighted by Crippen LogP contribution is -2.37. The number of esters is 1. The van der Waals surface area contributed by atoms with Crippen molar-refractivity contribution in [1.82, 2.24) is 19.5 Å². The van der Waals surface area contributed by atoms with Crippen molar-refractivity contribution < 1.29 is 19.1 Å². The molecular weight excluding hydrogens is 505 g/mol. The van der Waals surface area contributed by atoms with Gasteiger partial charge in [-0.05, 0) is 48.8 Å². The van der Waals surface area contributed by atoms with Crippen molar-refractivity contribution >= 4 is 46.6 Å². The van der Waals surface area contributed by atoms with E-state index in [2.05, 4.69) is 35.7 Å². The van der Waals surface area contributed by atoms with Crippen LogP contribution in [0.2, 0.25) is 10.0 Å². The van der Waals surface area contributed by atoms with Gasteiger partial charge in [-0.15, -0.1) is 0 Å². The highest BCUT2D eigenvalue weighted by molar-refractivity contribution is 6.42. The van der Waals surface area contributed by atoms with Crippen molar-refractivity contribution in [2.24, 2.45) is 17.8 Å². The minimum absolute atomic E-state index is 0.0628. The third-order valence-electron chi connectivity index (χ3n) is 6.48. The van der Waals surface area contributed by atoms with Gasteiger partial charge in [-0.1, -0.05) is 44.0 Å². The largest absolute Gasteiger partial charge is 0.459 e. The number of benzene rings is 1. The summed E-state index contributed by atoms with van der Waals surface area (Å²) in [6, 6.07) is 4.95. The van der Waals surface area contributed by atoms with Crippen molar-refractivity contribution in [1.29, 1.82) is 0 Å². The SMILES string of the molecule is [C-]#[N+]c1c(C(=O)OC2C(C)CC(C)CC2C)c2nc(-c3ccc(Cl)c(Cl)c3)[nH]n2c1OC(=O)N(C)C. The van der Waals surface area contributed by atoms with Crippen LogP contribution in [0.5, 0.6) is 5.88 Å². The van der Waals surface area contributed by atoms with E-state index in [1.165, 1.54) is 23.5 Å². The topological polar surface area (TPSA) is 93.3 Å². The summed E-state index contributed by atoms with van der Waals surface area (Å²) in [7, 11) is 3.03. The highest BCUT2D eigenvalue weighted by Gasteiger charge is 2.37. The number of H-pyrrole nitrogens is 1. The Kier molecular flexibility index (Phi) is 7.21.